The number of nitrogens with zero attached hydrogens (tertiary/aromatic N) is 1. The van der Waals surface area contributed by atoms with Crippen LogP contribution >= 0.6 is 11.6 Å². The molecule has 0 saturated heterocycles. The molecule has 2 aromatic rings. The van der Waals surface area contributed by atoms with Crippen LogP contribution in [-0.4, -0.2) is 17.6 Å². The lowest BCUT2D eigenvalue weighted by molar-refractivity contribution is 0.0525. The predicted octanol–water partition coefficient (Wildman–Crippen LogP) is 7.64. The fourth-order valence-corrected chi connectivity index (χ4v) is 3.48. The number of carbonyl (C=O) groups excluding carboxylic acids is 1. The van der Waals surface area contributed by atoms with E-state index < -0.39 is 0 Å². The lowest BCUT2D eigenvalue weighted by Gasteiger charge is -2.22. The minimum Gasteiger partial charge on any atom is -0.462 e. The van der Waals surface area contributed by atoms with Crippen molar-refractivity contribution in [2.75, 3.05) is 6.61 Å². The average molecular weight is 414 g/mol. The molecule has 0 N–H and O–H groups in total. The molecule has 1 aromatic carbocycles. The zero-order valence-corrected chi connectivity index (χ0v) is 19.1. The summed E-state index contributed by atoms with van der Waals surface area (Å²) in [5, 5.41) is 0.664. The number of rotatable bonds is 8. The molecule has 29 heavy (non-hydrogen) atoms. The largest absolute Gasteiger partial charge is 0.462 e. The van der Waals surface area contributed by atoms with Gasteiger partial charge >= 0.3 is 5.97 Å². The summed E-state index contributed by atoms with van der Waals surface area (Å²) >= 11 is 6.14. The lowest BCUT2D eigenvalue weighted by atomic mass is 9.87. The number of allylic oxidation sites excluding steroid dienone is 1. The second kappa shape index (κ2) is 10.6. The molecule has 3 nitrogen and oxygen atoms in total. The third-order valence-corrected chi connectivity index (χ3v) is 4.99. The summed E-state index contributed by atoms with van der Waals surface area (Å²) in [6.07, 6.45) is 6.30. The molecular weight excluding hydrogens is 382 g/mol. The quantitative estimate of drug-likeness (QED) is 0.417. The Hall–Kier alpha value is -2.13. The van der Waals surface area contributed by atoms with E-state index in [1.807, 2.05) is 31.2 Å². The van der Waals surface area contributed by atoms with E-state index in [9.17, 15) is 4.79 Å². The van der Waals surface area contributed by atoms with E-state index in [1.165, 1.54) is 0 Å². The molecule has 0 spiro atoms. The molecule has 0 atom stereocenters. The molecule has 156 valence electrons. The summed E-state index contributed by atoms with van der Waals surface area (Å²) in [6, 6.07) is 7.64. The van der Waals surface area contributed by atoms with Crippen LogP contribution in [0.2, 0.25) is 5.02 Å². The first-order chi connectivity index (χ1) is 13.8. The summed E-state index contributed by atoms with van der Waals surface area (Å²) in [5.41, 5.74) is 5.16. The summed E-state index contributed by atoms with van der Waals surface area (Å²) in [5.74, 6) is -0.0169. The van der Waals surface area contributed by atoms with Crippen LogP contribution in [0.5, 0.6) is 0 Å². The van der Waals surface area contributed by atoms with Crippen LogP contribution in [0.4, 0.5) is 0 Å². The monoisotopic (exact) mass is 413 g/mol. The van der Waals surface area contributed by atoms with Crippen molar-refractivity contribution in [2.45, 2.75) is 66.2 Å². The number of benzene rings is 1. The van der Waals surface area contributed by atoms with Crippen LogP contribution in [0, 0.1) is 0 Å². The standard InChI is InChI=1S/C25H32ClNO2/c1-7-9-10-11-20-21(18-12-14-19(26)15-13-18)22(25(28)29-8-2)24(17(5)6)27-23(20)16(3)4/h10-17H,7-9H2,1-6H3/b11-10+. The van der Waals surface area contributed by atoms with E-state index in [2.05, 4.69) is 46.8 Å². The van der Waals surface area contributed by atoms with Crippen molar-refractivity contribution in [1.82, 2.24) is 4.98 Å². The molecule has 0 aliphatic carbocycles. The van der Waals surface area contributed by atoms with E-state index >= 15 is 0 Å². The number of halogens is 1. The molecule has 0 bridgehead atoms. The van der Waals surface area contributed by atoms with Gasteiger partial charge in [0, 0.05) is 16.1 Å². The number of hydrogen-bond acceptors (Lipinski definition) is 3. The maximum Gasteiger partial charge on any atom is 0.340 e. The molecule has 0 saturated carbocycles. The van der Waals surface area contributed by atoms with Crippen molar-refractivity contribution in [1.29, 1.82) is 0 Å². The Bertz CT molecular complexity index is 867. The van der Waals surface area contributed by atoms with E-state index in [1.54, 1.807) is 0 Å². The summed E-state index contributed by atoms with van der Waals surface area (Å²) in [6.45, 7) is 12.7. The van der Waals surface area contributed by atoms with Gasteiger partial charge in [-0.1, -0.05) is 76.9 Å². The minimum absolute atomic E-state index is 0.0895. The van der Waals surface area contributed by atoms with Gasteiger partial charge in [0.05, 0.1) is 23.6 Å². The molecule has 0 radical (unpaired) electrons. The molecule has 0 unspecified atom stereocenters. The Morgan fingerprint density at radius 2 is 1.69 bits per heavy atom. The summed E-state index contributed by atoms with van der Waals surface area (Å²) < 4.78 is 5.46. The number of unbranched alkanes of at least 4 members (excludes halogenated alkanes) is 1. The number of pyridine rings is 1. The number of aromatic nitrogens is 1. The fraction of sp³-hybridized carbons (Fsp3) is 0.440. The van der Waals surface area contributed by atoms with Crippen LogP contribution in [0.3, 0.4) is 0 Å². The van der Waals surface area contributed by atoms with Crippen LogP contribution in [0.25, 0.3) is 17.2 Å². The maximum absolute atomic E-state index is 13.1. The van der Waals surface area contributed by atoms with Gasteiger partial charge in [-0.05, 0) is 42.9 Å². The molecule has 0 amide bonds. The smallest absolute Gasteiger partial charge is 0.340 e. The molecule has 0 aliphatic rings. The van der Waals surface area contributed by atoms with Crippen LogP contribution in [0.1, 0.15) is 93.5 Å². The van der Waals surface area contributed by atoms with Crippen molar-refractivity contribution in [3.05, 3.63) is 57.9 Å². The van der Waals surface area contributed by atoms with Gasteiger partial charge in [-0.3, -0.25) is 4.98 Å². The Balaban J connectivity index is 2.96. The highest BCUT2D eigenvalue weighted by molar-refractivity contribution is 6.30. The third kappa shape index (κ3) is 5.48. The number of esters is 1. The molecule has 1 aromatic heterocycles. The maximum atomic E-state index is 13.1. The Morgan fingerprint density at radius 3 is 2.21 bits per heavy atom. The second-order valence-electron chi connectivity index (χ2n) is 7.77. The third-order valence-electron chi connectivity index (χ3n) is 4.74. The summed E-state index contributed by atoms with van der Waals surface area (Å²) in [4.78, 5) is 18.1. The second-order valence-corrected chi connectivity index (χ2v) is 8.21. The molecule has 4 heteroatoms. The Kier molecular flexibility index (Phi) is 8.45. The summed E-state index contributed by atoms with van der Waals surface area (Å²) in [7, 11) is 0. The van der Waals surface area contributed by atoms with Gasteiger partial charge in [0.25, 0.3) is 0 Å². The van der Waals surface area contributed by atoms with Crippen molar-refractivity contribution in [3.63, 3.8) is 0 Å². The van der Waals surface area contributed by atoms with Crippen LogP contribution in [0.15, 0.2) is 30.3 Å². The molecule has 2 rings (SSSR count). The van der Waals surface area contributed by atoms with Crippen LogP contribution < -0.4 is 0 Å². The molecule has 0 fully saturated rings. The van der Waals surface area contributed by atoms with Crippen LogP contribution in [-0.2, 0) is 4.74 Å². The van der Waals surface area contributed by atoms with Gasteiger partial charge in [-0.15, -0.1) is 0 Å². The first-order valence-electron chi connectivity index (χ1n) is 10.5. The first-order valence-corrected chi connectivity index (χ1v) is 10.9. The average Bonchev–Trinajstić information content (AvgIpc) is 2.68. The highest BCUT2D eigenvalue weighted by Gasteiger charge is 2.27. The van der Waals surface area contributed by atoms with Gasteiger partial charge in [-0.25, -0.2) is 4.79 Å². The minimum atomic E-state index is -0.325. The van der Waals surface area contributed by atoms with E-state index in [0.29, 0.717) is 17.2 Å². The molecular formula is C25H32ClNO2. The van der Waals surface area contributed by atoms with Gasteiger partial charge in [-0.2, -0.15) is 0 Å². The number of carbonyl (C=O) groups is 1. The fourth-order valence-electron chi connectivity index (χ4n) is 3.36. The number of ether oxygens (including phenoxy) is 1. The van der Waals surface area contributed by atoms with Crippen molar-refractivity contribution in [2.24, 2.45) is 0 Å². The SMILES string of the molecule is CCC/C=C/c1c(C(C)C)nc(C(C)C)c(C(=O)OCC)c1-c1ccc(Cl)cc1. The first kappa shape index (κ1) is 23.2. The van der Waals surface area contributed by atoms with E-state index in [-0.39, 0.29) is 17.8 Å². The lowest BCUT2D eigenvalue weighted by Crippen LogP contribution is -2.16. The van der Waals surface area contributed by atoms with Gasteiger partial charge in [0.2, 0.25) is 0 Å². The normalized spacial score (nSPS) is 11.6. The highest BCUT2D eigenvalue weighted by Crippen LogP contribution is 2.38. The van der Waals surface area contributed by atoms with E-state index in [4.69, 9.17) is 21.3 Å². The molecule has 0 aliphatic heterocycles. The molecule has 1 heterocycles. The Labute approximate surface area is 180 Å². The van der Waals surface area contributed by atoms with Crippen molar-refractivity contribution < 1.29 is 9.53 Å². The van der Waals surface area contributed by atoms with Crippen molar-refractivity contribution in [3.8, 4) is 11.1 Å². The van der Waals surface area contributed by atoms with E-state index in [0.717, 1.165) is 40.9 Å². The van der Waals surface area contributed by atoms with Gasteiger partial charge < -0.3 is 4.74 Å². The van der Waals surface area contributed by atoms with Crippen molar-refractivity contribution >= 4 is 23.6 Å². The Morgan fingerprint density at radius 1 is 1.07 bits per heavy atom. The van der Waals surface area contributed by atoms with Gasteiger partial charge in [0.15, 0.2) is 0 Å². The highest BCUT2D eigenvalue weighted by atomic mass is 35.5. The van der Waals surface area contributed by atoms with Gasteiger partial charge in [0.1, 0.15) is 0 Å². The topological polar surface area (TPSA) is 39.2 Å². The zero-order valence-electron chi connectivity index (χ0n) is 18.4. The zero-order chi connectivity index (χ0) is 21.6. The number of hydrogen-bond donors (Lipinski definition) is 0. The predicted molar refractivity (Wildman–Crippen MR) is 123 cm³/mol.